The highest BCUT2D eigenvalue weighted by Crippen LogP contribution is 2.36. The predicted molar refractivity (Wildman–Crippen MR) is 83.8 cm³/mol. The van der Waals surface area contributed by atoms with Crippen LogP contribution in [0.25, 0.3) is 0 Å². The highest BCUT2D eigenvalue weighted by molar-refractivity contribution is 7.99. The topological polar surface area (TPSA) is 41.1 Å². The van der Waals surface area contributed by atoms with E-state index in [0.29, 0.717) is 11.4 Å². The summed E-state index contributed by atoms with van der Waals surface area (Å²) in [6, 6.07) is 4.84. The number of rotatable bonds is 3. The van der Waals surface area contributed by atoms with Gasteiger partial charge in [-0.1, -0.05) is 13.8 Å². The van der Waals surface area contributed by atoms with Crippen molar-refractivity contribution < 1.29 is 9.18 Å². The Bertz CT molecular complexity index is 505. The first kappa shape index (κ1) is 15.2. The first-order chi connectivity index (χ1) is 9.38. The highest BCUT2D eigenvalue weighted by atomic mass is 32.2. The summed E-state index contributed by atoms with van der Waals surface area (Å²) in [7, 11) is 0. The molecule has 5 heteroatoms. The van der Waals surface area contributed by atoms with E-state index in [1.54, 1.807) is 12.1 Å². The van der Waals surface area contributed by atoms with Crippen LogP contribution in [0.2, 0.25) is 0 Å². The normalized spacial score (nSPS) is 21.3. The summed E-state index contributed by atoms with van der Waals surface area (Å²) in [6.07, 6.45) is 1.11. The van der Waals surface area contributed by atoms with Gasteiger partial charge >= 0.3 is 0 Å². The summed E-state index contributed by atoms with van der Waals surface area (Å²) in [5.74, 6) is 1.68. The van der Waals surface area contributed by atoms with E-state index in [1.807, 2.05) is 11.8 Å². The molecule has 1 heterocycles. The third-order valence-electron chi connectivity index (χ3n) is 3.74. The molecule has 0 saturated carbocycles. The summed E-state index contributed by atoms with van der Waals surface area (Å²) in [5.41, 5.74) is 1.21. The van der Waals surface area contributed by atoms with Crippen molar-refractivity contribution >= 4 is 29.0 Å². The lowest BCUT2D eigenvalue weighted by Crippen LogP contribution is -2.41. The highest BCUT2D eigenvalue weighted by Gasteiger charge is 2.32. The van der Waals surface area contributed by atoms with Crippen LogP contribution < -0.4 is 10.6 Å². The second-order valence-corrected chi connectivity index (χ2v) is 7.04. The molecule has 1 aliphatic rings. The number of carbonyl (C=O) groups is 1. The van der Waals surface area contributed by atoms with Crippen molar-refractivity contribution in [2.24, 2.45) is 5.41 Å². The van der Waals surface area contributed by atoms with Crippen molar-refractivity contribution in [2.45, 2.75) is 33.2 Å². The molecule has 0 aliphatic carbocycles. The van der Waals surface area contributed by atoms with Crippen LogP contribution in [-0.2, 0) is 4.79 Å². The number of carbonyl (C=O) groups excluding carboxylic acids is 1. The lowest BCUT2D eigenvalue weighted by Gasteiger charge is -2.39. The minimum absolute atomic E-state index is 0.141. The van der Waals surface area contributed by atoms with Gasteiger partial charge < -0.3 is 10.6 Å². The van der Waals surface area contributed by atoms with Crippen molar-refractivity contribution in [3.8, 4) is 0 Å². The van der Waals surface area contributed by atoms with Crippen molar-refractivity contribution in [3.63, 3.8) is 0 Å². The maximum atomic E-state index is 13.9. The van der Waals surface area contributed by atoms with E-state index in [4.69, 9.17) is 0 Å². The van der Waals surface area contributed by atoms with E-state index >= 15 is 0 Å². The molecular formula is C15H21FN2OS. The molecule has 1 aromatic rings. The Morgan fingerprint density at radius 3 is 2.85 bits per heavy atom. The van der Waals surface area contributed by atoms with E-state index in [0.717, 1.165) is 17.9 Å². The molecule has 1 aliphatic heterocycles. The van der Waals surface area contributed by atoms with Crippen LogP contribution in [0.1, 0.15) is 27.2 Å². The van der Waals surface area contributed by atoms with Crippen LogP contribution in [0.3, 0.4) is 0 Å². The van der Waals surface area contributed by atoms with E-state index in [2.05, 4.69) is 24.5 Å². The average molecular weight is 296 g/mol. The smallest absolute Gasteiger partial charge is 0.221 e. The summed E-state index contributed by atoms with van der Waals surface area (Å²) in [6.45, 7) is 5.86. The summed E-state index contributed by atoms with van der Waals surface area (Å²) in [4.78, 5) is 11.1. The molecule has 110 valence electrons. The SMILES string of the molecule is CC(=O)Nc1ccc(F)c(NC2CSCCC2(C)C)c1. The number of halogens is 1. The van der Waals surface area contributed by atoms with Gasteiger partial charge in [0.05, 0.1) is 5.69 Å². The van der Waals surface area contributed by atoms with Crippen molar-refractivity contribution in [2.75, 3.05) is 22.1 Å². The fourth-order valence-electron chi connectivity index (χ4n) is 2.28. The van der Waals surface area contributed by atoms with Crippen molar-refractivity contribution in [3.05, 3.63) is 24.0 Å². The van der Waals surface area contributed by atoms with Crippen LogP contribution in [-0.4, -0.2) is 23.5 Å². The maximum absolute atomic E-state index is 13.9. The quantitative estimate of drug-likeness (QED) is 0.893. The molecule has 2 N–H and O–H groups in total. The van der Waals surface area contributed by atoms with Gasteiger partial charge in [0, 0.05) is 24.4 Å². The molecule has 3 nitrogen and oxygen atoms in total. The summed E-state index contributed by atoms with van der Waals surface area (Å²) in [5, 5.41) is 5.99. The molecule has 1 aromatic carbocycles. The van der Waals surface area contributed by atoms with Gasteiger partial charge in [-0.15, -0.1) is 0 Å². The molecule has 1 atom stereocenters. The molecule has 1 unspecified atom stereocenters. The number of hydrogen-bond donors (Lipinski definition) is 2. The van der Waals surface area contributed by atoms with Crippen molar-refractivity contribution in [1.29, 1.82) is 0 Å². The number of anilines is 2. The van der Waals surface area contributed by atoms with Gasteiger partial charge in [-0.25, -0.2) is 4.39 Å². The van der Waals surface area contributed by atoms with E-state index in [-0.39, 0.29) is 23.2 Å². The Kier molecular flexibility index (Phi) is 4.58. The minimum atomic E-state index is -0.287. The van der Waals surface area contributed by atoms with Crippen LogP contribution >= 0.6 is 11.8 Å². The monoisotopic (exact) mass is 296 g/mol. The lowest BCUT2D eigenvalue weighted by atomic mass is 9.82. The fourth-order valence-corrected chi connectivity index (χ4v) is 3.89. The van der Waals surface area contributed by atoms with Gasteiger partial charge in [0.25, 0.3) is 0 Å². The number of thioether (sulfide) groups is 1. The Labute approximate surface area is 123 Å². The third kappa shape index (κ3) is 3.66. The zero-order valence-corrected chi connectivity index (χ0v) is 12.9. The second-order valence-electron chi connectivity index (χ2n) is 5.89. The molecule has 1 amide bonds. The Morgan fingerprint density at radius 1 is 1.45 bits per heavy atom. The zero-order chi connectivity index (χ0) is 14.8. The Balaban J connectivity index is 2.17. The standard InChI is InChI=1S/C15H21FN2OS/c1-10(19)17-11-4-5-12(16)13(8-11)18-14-9-20-7-6-15(14,2)3/h4-5,8,14,18H,6-7,9H2,1-3H3,(H,17,19). The molecular weight excluding hydrogens is 275 g/mol. The largest absolute Gasteiger partial charge is 0.379 e. The average Bonchev–Trinajstić information content (AvgIpc) is 2.35. The molecule has 0 bridgehead atoms. The second kappa shape index (κ2) is 6.04. The van der Waals surface area contributed by atoms with Crippen LogP contribution in [0.15, 0.2) is 18.2 Å². The van der Waals surface area contributed by atoms with E-state index < -0.39 is 0 Å². The van der Waals surface area contributed by atoms with Gasteiger partial charge in [-0.2, -0.15) is 11.8 Å². The fraction of sp³-hybridized carbons (Fsp3) is 0.533. The molecule has 1 fully saturated rings. The number of benzene rings is 1. The summed E-state index contributed by atoms with van der Waals surface area (Å²) < 4.78 is 13.9. The zero-order valence-electron chi connectivity index (χ0n) is 12.1. The number of amides is 1. The van der Waals surface area contributed by atoms with Crippen LogP contribution in [0, 0.1) is 11.2 Å². The Hall–Kier alpha value is -1.23. The van der Waals surface area contributed by atoms with Crippen LogP contribution in [0.4, 0.5) is 15.8 Å². The molecule has 1 saturated heterocycles. The molecule has 0 radical (unpaired) electrons. The third-order valence-corrected chi connectivity index (χ3v) is 4.80. The molecule has 2 rings (SSSR count). The molecule has 0 aromatic heterocycles. The van der Waals surface area contributed by atoms with Gasteiger partial charge in [0.2, 0.25) is 5.91 Å². The predicted octanol–water partition coefficient (Wildman–Crippen LogP) is 3.73. The van der Waals surface area contributed by atoms with E-state index in [1.165, 1.54) is 13.0 Å². The first-order valence-corrected chi connectivity index (χ1v) is 7.95. The number of hydrogen-bond acceptors (Lipinski definition) is 3. The minimum Gasteiger partial charge on any atom is -0.379 e. The van der Waals surface area contributed by atoms with E-state index in [9.17, 15) is 9.18 Å². The lowest BCUT2D eigenvalue weighted by molar-refractivity contribution is -0.114. The molecule has 20 heavy (non-hydrogen) atoms. The first-order valence-electron chi connectivity index (χ1n) is 6.80. The van der Waals surface area contributed by atoms with Crippen molar-refractivity contribution in [1.82, 2.24) is 0 Å². The van der Waals surface area contributed by atoms with Gasteiger partial charge in [-0.3, -0.25) is 4.79 Å². The number of nitrogens with one attached hydrogen (secondary N) is 2. The summed E-state index contributed by atoms with van der Waals surface area (Å²) >= 11 is 1.89. The van der Waals surface area contributed by atoms with Crippen LogP contribution in [0.5, 0.6) is 0 Å². The van der Waals surface area contributed by atoms with Gasteiger partial charge in [-0.05, 0) is 35.8 Å². The molecule has 0 spiro atoms. The van der Waals surface area contributed by atoms with Gasteiger partial charge in [0.1, 0.15) is 5.82 Å². The van der Waals surface area contributed by atoms with Gasteiger partial charge in [0.15, 0.2) is 0 Å². The maximum Gasteiger partial charge on any atom is 0.221 e. The Morgan fingerprint density at radius 2 is 2.20 bits per heavy atom.